The summed E-state index contributed by atoms with van der Waals surface area (Å²) in [5.41, 5.74) is 4.49. The lowest BCUT2D eigenvalue weighted by atomic mass is 9.94. The third-order valence-electron chi connectivity index (χ3n) is 6.36. The van der Waals surface area contributed by atoms with Crippen LogP contribution in [0, 0.1) is 13.8 Å². The minimum absolute atomic E-state index is 0.00727. The Balaban J connectivity index is 1.72. The second-order valence-electron chi connectivity index (χ2n) is 8.45. The fraction of sp³-hybridized carbons (Fsp3) is 0.185. The highest BCUT2D eigenvalue weighted by atomic mass is 16.5. The number of aliphatic hydroxyl groups is 1. The summed E-state index contributed by atoms with van der Waals surface area (Å²) in [7, 11) is 0. The summed E-state index contributed by atoms with van der Waals surface area (Å²) in [6, 6.07) is 16.3. The maximum absolute atomic E-state index is 13.3. The Kier molecular flexibility index (Phi) is 4.93. The number of ketones is 1. The zero-order valence-electron chi connectivity index (χ0n) is 18.3. The lowest BCUT2D eigenvalue weighted by Crippen LogP contribution is -2.29. The van der Waals surface area contributed by atoms with Crippen molar-refractivity contribution in [2.75, 3.05) is 11.5 Å². The number of rotatable bonds is 3. The second kappa shape index (κ2) is 7.81. The molecule has 0 bridgehead atoms. The van der Waals surface area contributed by atoms with Crippen molar-refractivity contribution in [3.63, 3.8) is 0 Å². The number of hydrogen-bond donors (Lipinski definition) is 2. The molecule has 0 saturated carbocycles. The van der Waals surface area contributed by atoms with Gasteiger partial charge in [-0.2, -0.15) is 0 Å². The first-order valence-corrected chi connectivity index (χ1v) is 10.8. The van der Waals surface area contributed by atoms with Crippen LogP contribution in [-0.4, -0.2) is 28.5 Å². The first kappa shape index (κ1) is 20.8. The molecule has 33 heavy (non-hydrogen) atoms. The number of fused-ring (bicyclic) bond motifs is 1. The van der Waals surface area contributed by atoms with Gasteiger partial charge in [0.1, 0.15) is 17.3 Å². The van der Waals surface area contributed by atoms with Gasteiger partial charge in [-0.05, 0) is 78.6 Å². The van der Waals surface area contributed by atoms with E-state index in [9.17, 15) is 19.8 Å². The van der Waals surface area contributed by atoms with Crippen LogP contribution in [0.3, 0.4) is 0 Å². The molecule has 1 unspecified atom stereocenters. The molecule has 1 amide bonds. The van der Waals surface area contributed by atoms with E-state index in [1.165, 1.54) is 17.0 Å². The van der Waals surface area contributed by atoms with E-state index in [0.29, 0.717) is 29.8 Å². The third kappa shape index (κ3) is 3.44. The van der Waals surface area contributed by atoms with Crippen molar-refractivity contribution >= 4 is 23.1 Å². The Morgan fingerprint density at radius 2 is 1.82 bits per heavy atom. The number of benzene rings is 3. The van der Waals surface area contributed by atoms with Crippen LogP contribution in [0.1, 0.15) is 33.9 Å². The van der Waals surface area contributed by atoms with Gasteiger partial charge in [0.15, 0.2) is 0 Å². The van der Waals surface area contributed by atoms with Gasteiger partial charge in [0.2, 0.25) is 0 Å². The summed E-state index contributed by atoms with van der Waals surface area (Å²) in [6.07, 6.45) is 0.712. The molecule has 0 aliphatic carbocycles. The first-order chi connectivity index (χ1) is 15.8. The minimum Gasteiger partial charge on any atom is -0.508 e. The van der Waals surface area contributed by atoms with E-state index in [2.05, 4.69) is 0 Å². The van der Waals surface area contributed by atoms with Crippen molar-refractivity contribution in [1.29, 1.82) is 0 Å². The summed E-state index contributed by atoms with van der Waals surface area (Å²) in [6.45, 7) is 4.48. The van der Waals surface area contributed by atoms with Gasteiger partial charge in [0.05, 0.1) is 18.2 Å². The number of aryl methyl sites for hydroxylation is 2. The fourth-order valence-electron chi connectivity index (χ4n) is 4.47. The van der Waals surface area contributed by atoms with Crippen molar-refractivity contribution in [3.05, 3.63) is 94.1 Å². The molecule has 1 atom stereocenters. The molecule has 0 radical (unpaired) electrons. The van der Waals surface area contributed by atoms with Crippen LogP contribution in [-0.2, 0) is 16.0 Å². The van der Waals surface area contributed by atoms with E-state index >= 15 is 0 Å². The molecule has 3 aromatic rings. The topological polar surface area (TPSA) is 87.1 Å². The number of ether oxygens (including phenoxy) is 1. The lowest BCUT2D eigenvalue weighted by Gasteiger charge is -2.26. The Morgan fingerprint density at radius 1 is 1.00 bits per heavy atom. The molecule has 1 saturated heterocycles. The molecule has 6 nitrogen and oxygen atoms in total. The molecule has 1 fully saturated rings. The molecule has 0 aromatic heterocycles. The predicted molar refractivity (Wildman–Crippen MR) is 124 cm³/mol. The van der Waals surface area contributed by atoms with Crippen molar-refractivity contribution in [1.82, 2.24) is 0 Å². The van der Waals surface area contributed by atoms with Gasteiger partial charge in [-0.3, -0.25) is 14.5 Å². The van der Waals surface area contributed by atoms with Gasteiger partial charge in [0, 0.05) is 17.7 Å². The van der Waals surface area contributed by atoms with Gasteiger partial charge < -0.3 is 14.9 Å². The van der Waals surface area contributed by atoms with Crippen LogP contribution >= 0.6 is 0 Å². The fourth-order valence-corrected chi connectivity index (χ4v) is 4.47. The largest absolute Gasteiger partial charge is 0.508 e. The smallest absolute Gasteiger partial charge is 0.300 e. The number of phenolic OH excluding ortho intramolecular Hbond substituents is 1. The predicted octanol–water partition coefficient (Wildman–Crippen LogP) is 4.57. The van der Waals surface area contributed by atoms with Gasteiger partial charge in [0.25, 0.3) is 11.7 Å². The van der Waals surface area contributed by atoms with E-state index < -0.39 is 17.7 Å². The molecule has 2 N–H and O–H groups in total. The van der Waals surface area contributed by atoms with E-state index in [0.717, 1.165) is 22.4 Å². The Hall–Kier alpha value is -4.06. The normalized spacial score (nSPS) is 19.0. The SMILES string of the molecule is Cc1ccc(N2C(=O)C(=O)/C(=C(\O)c3ccc4c(c3)CCO4)C2c2cccc(O)c2)cc1C. The summed E-state index contributed by atoms with van der Waals surface area (Å²) in [4.78, 5) is 27.9. The van der Waals surface area contributed by atoms with Crippen molar-refractivity contribution in [3.8, 4) is 11.5 Å². The summed E-state index contributed by atoms with van der Waals surface area (Å²) < 4.78 is 5.54. The zero-order chi connectivity index (χ0) is 23.3. The second-order valence-corrected chi connectivity index (χ2v) is 8.45. The molecule has 166 valence electrons. The minimum atomic E-state index is -0.885. The maximum atomic E-state index is 13.3. The molecule has 6 heteroatoms. The summed E-state index contributed by atoms with van der Waals surface area (Å²) >= 11 is 0. The average molecular weight is 441 g/mol. The Labute approximate surface area is 191 Å². The molecule has 2 heterocycles. The molecular formula is C27H23NO5. The number of amides is 1. The van der Waals surface area contributed by atoms with E-state index in [4.69, 9.17) is 4.74 Å². The molecule has 5 rings (SSSR count). The van der Waals surface area contributed by atoms with Gasteiger partial charge in [-0.15, -0.1) is 0 Å². The Bertz CT molecular complexity index is 1340. The van der Waals surface area contributed by atoms with Crippen LogP contribution in [0.4, 0.5) is 5.69 Å². The van der Waals surface area contributed by atoms with Gasteiger partial charge in [-0.1, -0.05) is 18.2 Å². The summed E-state index contributed by atoms with van der Waals surface area (Å²) in [5, 5.41) is 21.4. The number of carbonyl (C=O) groups is 2. The molecular weight excluding hydrogens is 418 g/mol. The van der Waals surface area contributed by atoms with Crippen molar-refractivity contribution < 1.29 is 24.5 Å². The Morgan fingerprint density at radius 3 is 2.58 bits per heavy atom. The number of anilines is 1. The van der Waals surface area contributed by atoms with E-state index in [1.54, 1.807) is 36.4 Å². The maximum Gasteiger partial charge on any atom is 0.300 e. The van der Waals surface area contributed by atoms with Crippen LogP contribution in [0.15, 0.2) is 66.2 Å². The molecule has 3 aromatic carbocycles. The standard InChI is InChI=1S/C27H23NO5/c1-15-6-8-20(12-16(15)2)28-24(18-4-3-5-21(29)14-18)23(26(31)27(28)32)25(30)19-7-9-22-17(13-19)10-11-33-22/h3-9,12-14,24,29-30H,10-11H2,1-2H3/b25-23-. The molecule has 0 spiro atoms. The highest BCUT2D eigenvalue weighted by Gasteiger charge is 2.47. The quantitative estimate of drug-likeness (QED) is 0.353. The molecule has 2 aliphatic rings. The van der Waals surface area contributed by atoms with Crippen LogP contribution < -0.4 is 9.64 Å². The number of phenols is 1. The first-order valence-electron chi connectivity index (χ1n) is 10.8. The molecule has 2 aliphatic heterocycles. The lowest BCUT2D eigenvalue weighted by molar-refractivity contribution is -0.132. The van der Waals surface area contributed by atoms with Gasteiger partial charge in [-0.25, -0.2) is 0 Å². The highest BCUT2D eigenvalue weighted by Crippen LogP contribution is 2.43. The average Bonchev–Trinajstić information content (AvgIpc) is 3.37. The van der Waals surface area contributed by atoms with Crippen molar-refractivity contribution in [2.24, 2.45) is 0 Å². The number of carbonyl (C=O) groups excluding carboxylic acids is 2. The van der Waals surface area contributed by atoms with Crippen LogP contribution in [0.25, 0.3) is 5.76 Å². The number of aromatic hydroxyl groups is 1. The van der Waals surface area contributed by atoms with Crippen molar-refractivity contribution in [2.45, 2.75) is 26.3 Å². The number of hydrogen-bond acceptors (Lipinski definition) is 5. The van der Waals surface area contributed by atoms with E-state index in [1.807, 2.05) is 26.0 Å². The number of aliphatic hydroxyl groups excluding tert-OH is 1. The highest BCUT2D eigenvalue weighted by molar-refractivity contribution is 6.51. The van der Waals surface area contributed by atoms with E-state index in [-0.39, 0.29) is 17.1 Å². The number of Topliss-reactive ketones (excluding diaryl/α,β-unsaturated/α-hetero) is 1. The zero-order valence-corrected chi connectivity index (χ0v) is 18.3. The van der Waals surface area contributed by atoms with Crippen LogP contribution in [0.5, 0.6) is 11.5 Å². The third-order valence-corrected chi connectivity index (χ3v) is 6.36. The monoisotopic (exact) mass is 441 g/mol. The van der Waals surface area contributed by atoms with Crippen LogP contribution in [0.2, 0.25) is 0 Å². The summed E-state index contributed by atoms with van der Waals surface area (Å²) in [5.74, 6) is -0.976. The van der Waals surface area contributed by atoms with Gasteiger partial charge >= 0.3 is 0 Å². The number of nitrogens with zero attached hydrogens (tertiary/aromatic N) is 1.